The summed E-state index contributed by atoms with van der Waals surface area (Å²) in [6, 6.07) is 5.60. The number of carbonyl (C=O) groups excluding carboxylic acids is 1. The number of benzene rings is 1. The smallest absolute Gasteiger partial charge is 0.233 e. The van der Waals surface area contributed by atoms with Gasteiger partial charge < -0.3 is 10.6 Å². The van der Waals surface area contributed by atoms with Crippen LogP contribution in [0, 0.1) is 5.92 Å². The molecule has 1 amide bonds. The number of hydrogen-bond donors (Lipinski definition) is 1. The minimum absolute atomic E-state index is 0. The van der Waals surface area contributed by atoms with E-state index in [1.54, 1.807) is 6.07 Å². The summed E-state index contributed by atoms with van der Waals surface area (Å²) in [5.41, 5.74) is 6.34. The van der Waals surface area contributed by atoms with E-state index in [-0.39, 0.29) is 18.3 Å². The molecule has 3 rings (SSSR count). The van der Waals surface area contributed by atoms with Crippen LogP contribution in [0.3, 0.4) is 0 Å². The Morgan fingerprint density at radius 3 is 2.55 bits per heavy atom. The molecule has 1 heterocycles. The number of halogens is 3. The van der Waals surface area contributed by atoms with Crippen LogP contribution in [0.25, 0.3) is 0 Å². The molecule has 122 valence electrons. The first-order valence-electron chi connectivity index (χ1n) is 7.52. The summed E-state index contributed by atoms with van der Waals surface area (Å²) < 4.78 is 0. The van der Waals surface area contributed by atoms with Crippen molar-refractivity contribution in [1.82, 2.24) is 4.90 Å². The summed E-state index contributed by atoms with van der Waals surface area (Å²) in [6.07, 6.45) is 3.89. The summed E-state index contributed by atoms with van der Waals surface area (Å²) in [6.45, 7) is 2.27. The largest absolute Gasteiger partial charge is 0.342 e. The third-order valence-electron chi connectivity index (χ3n) is 5.00. The van der Waals surface area contributed by atoms with Crippen molar-refractivity contribution in [3.8, 4) is 0 Å². The van der Waals surface area contributed by atoms with E-state index < -0.39 is 5.41 Å². The van der Waals surface area contributed by atoms with Gasteiger partial charge in [0.2, 0.25) is 5.91 Å². The molecular formula is C16H21Cl3N2O. The van der Waals surface area contributed by atoms with Crippen LogP contribution in [-0.2, 0) is 10.2 Å². The maximum absolute atomic E-state index is 13.0. The molecule has 1 aromatic rings. The van der Waals surface area contributed by atoms with Gasteiger partial charge in [-0.25, -0.2) is 0 Å². The number of rotatable bonds is 3. The van der Waals surface area contributed by atoms with Gasteiger partial charge in [0, 0.05) is 13.1 Å². The maximum Gasteiger partial charge on any atom is 0.233 e. The minimum atomic E-state index is -0.391. The Hall–Kier alpha value is -0.480. The lowest BCUT2D eigenvalue weighted by Crippen LogP contribution is -2.50. The predicted octanol–water partition coefficient (Wildman–Crippen LogP) is 3.64. The van der Waals surface area contributed by atoms with Crippen LogP contribution < -0.4 is 5.73 Å². The molecule has 0 aromatic heterocycles. The molecule has 22 heavy (non-hydrogen) atoms. The Morgan fingerprint density at radius 1 is 1.32 bits per heavy atom. The van der Waals surface area contributed by atoms with Crippen molar-refractivity contribution in [2.24, 2.45) is 11.7 Å². The monoisotopic (exact) mass is 362 g/mol. The van der Waals surface area contributed by atoms with Gasteiger partial charge in [0.25, 0.3) is 0 Å². The molecule has 0 spiro atoms. The van der Waals surface area contributed by atoms with E-state index in [0.29, 0.717) is 22.5 Å². The van der Waals surface area contributed by atoms with Crippen LogP contribution >= 0.6 is 35.6 Å². The Balaban J connectivity index is 0.00000176. The van der Waals surface area contributed by atoms with Crippen molar-refractivity contribution in [1.29, 1.82) is 0 Å². The predicted molar refractivity (Wildman–Crippen MR) is 93.0 cm³/mol. The van der Waals surface area contributed by atoms with E-state index in [2.05, 4.69) is 0 Å². The first-order valence-corrected chi connectivity index (χ1v) is 8.27. The summed E-state index contributed by atoms with van der Waals surface area (Å²) in [5.74, 6) is 0.683. The first-order chi connectivity index (χ1) is 10.1. The zero-order chi connectivity index (χ0) is 15.0. The molecule has 2 aliphatic rings. The van der Waals surface area contributed by atoms with Gasteiger partial charge in [0.15, 0.2) is 0 Å². The quantitative estimate of drug-likeness (QED) is 0.891. The average Bonchev–Trinajstić information content (AvgIpc) is 2.90. The van der Waals surface area contributed by atoms with Crippen molar-refractivity contribution in [2.75, 3.05) is 19.6 Å². The van der Waals surface area contributed by atoms with E-state index >= 15 is 0 Å². The van der Waals surface area contributed by atoms with Gasteiger partial charge in [0.1, 0.15) is 0 Å². The lowest BCUT2D eigenvalue weighted by Gasteiger charge is -2.43. The van der Waals surface area contributed by atoms with Crippen LogP contribution in [0.1, 0.15) is 31.2 Å². The Bertz CT molecular complexity index is 560. The van der Waals surface area contributed by atoms with Crippen LogP contribution in [0.15, 0.2) is 18.2 Å². The lowest BCUT2D eigenvalue weighted by atomic mass is 9.63. The van der Waals surface area contributed by atoms with E-state index in [0.717, 1.165) is 44.3 Å². The SMILES string of the molecule is Cl.NCC1CCN(C(=O)C2(c3ccc(Cl)c(Cl)c3)CCC2)C1. The van der Waals surface area contributed by atoms with Crippen LogP contribution in [0.2, 0.25) is 10.0 Å². The van der Waals surface area contributed by atoms with Gasteiger partial charge in [-0.1, -0.05) is 35.7 Å². The average molecular weight is 364 g/mol. The fourth-order valence-corrected chi connectivity index (χ4v) is 3.76. The molecule has 0 bridgehead atoms. The Kier molecular flexibility index (Phi) is 5.65. The molecule has 0 radical (unpaired) electrons. The number of likely N-dealkylation sites (tertiary alicyclic amines) is 1. The third-order valence-corrected chi connectivity index (χ3v) is 5.73. The molecule has 1 aliphatic carbocycles. The molecule has 1 saturated heterocycles. The number of amides is 1. The molecule has 6 heteroatoms. The molecular weight excluding hydrogens is 343 g/mol. The highest BCUT2D eigenvalue weighted by molar-refractivity contribution is 6.42. The number of nitrogens with zero attached hydrogens (tertiary/aromatic N) is 1. The second kappa shape index (κ2) is 6.96. The van der Waals surface area contributed by atoms with Gasteiger partial charge in [-0.3, -0.25) is 4.79 Å². The molecule has 1 unspecified atom stereocenters. The topological polar surface area (TPSA) is 46.3 Å². The van der Waals surface area contributed by atoms with Gasteiger partial charge in [0.05, 0.1) is 15.5 Å². The van der Waals surface area contributed by atoms with Crippen LogP contribution in [0.4, 0.5) is 0 Å². The van der Waals surface area contributed by atoms with Crippen LogP contribution in [-0.4, -0.2) is 30.4 Å². The highest BCUT2D eigenvalue weighted by Crippen LogP contribution is 2.47. The molecule has 1 atom stereocenters. The zero-order valence-corrected chi connectivity index (χ0v) is 14.7. The number of carbonyl (C=O) groups is 1. The molecule has 3 nitrogen and oxygen atoms in total. The molecule has 1 aromatic carbocycles. The third kappa shape index (κ3) is 2.96. The van der Waals surface area contributed by atoms with Crippen molar-refractivity contribution in [3.05, 3.63) is 33.8 Å². The zero-order valence-electron chi connectivity index (χ0n) is 12.4. The van der Waals surface area contributed by atoms with Crippen LogP contribution in [0.5, 0.6) is 0 Å². The van der Waals surface area contributed by atoms with E-state index in [4.69, 9.17) is 28.9 Å². The maximum atomic E-state index is 13.0. The highest BCUT2D eigenvalue weighted by Gasteiger charge is 2.48. The second-order valence-corrected chi connectivity index (χ2v) is 7.02. The van der Waals surface area contributed by atoms with E-state index in [1.165, 1.54) is 0 Å². The first kappa shape index (κ1) is 17.9. The normalized spacial score (nSPS) is 22.9. The summed E-state index contributed by atoms with van der Waals surface area (Å²) in [4.78, 5) is 15.0. The van der Waals surface area contributed by atoms with Gasteiger partial charge in [-0.2, -0.15) is 0 Å². The number of nitrogens with two attached hydrogens (primary N) is 1. The van der Waals surface area contributed by atoms with Gasteiger partial charge in [-0.15, -0.1) is 12.4 Å². The van der Waals surface area contributed by atoms with Gasteiger partial charge >= 0.3 is 0 Å². The second-order valence-electron chi connectivity index (χ2n) is 6.21. The minimum Gasteiger partial charge on any atom is -0.342 e. The molecule has 2 N–H and O–H groups in total. The van der Waals surface area contributed by atoms with Crippen molar-refractivity contribution in [2.45, 2.75) is 31.1 Å². The van der Waals surface area contributed by atoms with Crippen molar-refractivity contribution in [3.63, 3.8) is 0 Å². The number of hydrogen-bond acceptors (Lipinski definition) is 2. The van der Waals surface area contributed by atoms with E-state index in [1.807, 2.05) is 17.0 Å². The van der Waals surface area contributed by atoms with Crippen molar-refractivity contribution < 1.29 is 4.79 Å². The van der Waals surface area contributed by atoms with E-state index in [9.17, 15) is 4.79 Å². The molecule has 2 fully saturated rings. The fraction of sp³-hybridized carbons (Fsp3) is 0.562. The standard InChI is InChI=1S/C16H20Cl2N2O.ClH/c17-13-3-2-12(8-14(13)18)16(5-1-6-16)15(21)20-7-4-11(9-19)10-20;/h2-3,8,11H,1,4-7,9-10,19H2;1H. The Morgan fingerprint density at radius 2 is 2.05 bits per heavy atom. The Labute approximate surface area is 147 Å². The fourth-order valence-electron chi connectivity index (χ4n) is 3.46. The summed E-state index contributed by atoms with van der Waals surface area (Å²) in [7, 11) is 0. The summed E-state index contributed by atoms with van der Waals surface area (Å²) in [5, 5.41) is 1.06. The summed E-state index contributed by atoms with van der Waals surface area (Å²) >= 11 is 12.1. The molecule has 1 aliphatic heterocycles. The highest BCUT2D eigenvalue weighted by atomic mass is 35.5. The molecule has 1 saturated carbocycles. The van der Waals surface area contributed by atoms with Gasteiger partial charge in [-0.05, 0) is 49.4 Å². The van der Waals surface area contributed by atoms with Crippen molar-refractivity contribution >= 4 is 41.5 Å². The lowest BCUT2D eigenvalue weighted by molar-refractivity contribution is -0.140.